The molecule has 2 aromatic carbocycles. The van der Waals surface area contributed by atoms with E-state index in [1.807, 2.05) is 67.3 Å². The SMILES string of the molecule is CCCCCCN(C(=O)CCC)C(CC)c1nc2ccccc2c(=O)n1-c1ccc(C)cc1. The number of nitrogens with zero attached hydrogens (tertiary/aromatic N) is 3. The maximum Gasteiger partial charge on any atom is 0.266 e. The molecular formula is C28H37N3O2. The third-order valence-corrected chi connectivity index (χ3v) is 6.19. The Morgan fingerprint density at radius 1 is 0.970 bits per heavy atom. The summed E-state index contributed by atoms with van der Waals surface area (Å²) in [6.45, 7) is 9.01. The van der Waals surface area contributed by atoms with Crippen LogP contribution < -0.4 is 5.56 Å². The van der Waals surface area contributed by atoms with Crippen LogP contribution in [-0.4, -0.2) is 26.9 Å². The van der Waals surface area contributed by atoms with Crippen molar-refractivity contribution in [1.29, 1.82) is 0 Å². The molecule has 0 bridgehead atoms. The second-order valence-corrected chi connectivity index (χ2v) is 8.79. The van der Waals surface area contributed by atoms with Crippen molar-refractivity contribution in [2.75, 3.05) is 6.54 Å². The van der Waals surface area contributed by atoms with Crippen molar-refractivity contribution in [2.45, 2.75) is 78.7 Å². The Hall–Kier alpha value is -2.95. The minimum absolute atomic E-state index is 0.0909. The zero-order valence-corrected chi connectivity index (χ0v) is 20.5. The van der Waals surface area contributed by atoms with E-state index in [4.69, 9.17) is 4.98 Å². The van der Waals surface area contributed by atoms with Crippen molar-refractivity contribution in [1.82, 2.24) is 14.5 Å². The summed E-state index contributed by atoms with van der Waals surface area (Å²) in [6.07, 6.45) is 6.37. The van der Waals surface area contributed by atoms with E-state index in [1.165, 1.54) is 0 Å². The second kappa shape index (κ2) is 11.8. The van der Waals surface area contributed by atoms with E-state index in [0.717, 1.165) is 43.4 Å². The number of unbranched alkanes of at least 4 members (excludes halogenated alkanes) is 3. The monoisotopic (exact) mass is 447 g/mol. The number of rotatable bonds is 11. The zero-order chi connectivity index (χ0) is 23.8. The summed E-state index contributed by atoms with van der Waals surface area (Å²) in [5.74, 6) is 0.781. The van der Waals surface area contributed by atoms with Gasteiger partial charge < -0.3 is 4.90 Å². The maximum absolute atomic E-state index is 13.7. The van der Waals surface area contributed by atoms with Crippen molar-refractivity contribution in [3.05, 3.63) is 70.3 Å². The molecule has 0 aliphatic rings. The van der Waals surface area contributed by atoms with Crippen molar-refractivity contribution in [2.24, 2.45) is 0 Å². The van der Waals surface area contributed by atoms with Crippen molar-refractivity contribution >= 4 is 16.8 Å². The predicted octanol–water partition coefficient (Wildman–Crippen LogP) is 6.35. The highest BCUT2D eigenvalue weighted by molar-refractivity contribution is 5.79. The summed E-state index contributed by atoms with van der Waals surface area (Å²) in [6, 6.07) is 15.2. The molecule has 0 spiro atoms. The van der Waals surface area contributed by atoms with Crippen molar-refractivity contribution < 1.29 is 4.79 Å². The Bertz CT molecular complexity index is 1120. The molecule has 0 aliphatic carbocycles. The molecule has 0 saturated heterocycles. The van der Waals surface area contributed by atoms with Crippen molar-refractivity contribution in [3.63, 3.8) is 0 Å². The predicted molar refractivity (Wildman–Crippen MR) is 136 cm³/mol. The van der Waals surface area contributed by atoms with E-state index >= 15 is 0 Å². The largest absolute Gasteiger partial charge is 0.333 e. The number of carbonyl (C=O) groups is 1. The first-order valence-electron chi connectivity index (χ1n) is 12.4. The van der Waals surface area contributed by atoms with Crippen LogP contribution in [0.3, 0.4) is 0 Å². The minimum atomic E-state index is -0.260. The highest BCUT2D eigenvalue weighted by atomic mass is 16.2. The molecule has 5 nitrogen and oxygen atoms in total. The van der Waals surface area contributed by atoms with Gasteiger partial charge in [0.25, 0.3) is 5.56 Å². The highest BCUT2D eigenvalue weighted by Gasteiger charge is 2.28. The first-order valence-corrected chi connectivity index (χ1v) is 12.4. The number of para-hydroxylation sites is 1. The first-order chi connectivity index (χ1) is 16.0. The summed E-state index contributed by atoms with van der Waals surface area (Å²) in [5, 5.41) is 0.589. The molecule has 1 atom stereocenters. The van der Waals surface area contributed by atoms with Crippen LogP contribution in [0.5, 0.6) is 0 Å². The molecule has 3 aromatic rings. The topological polar surface area (TPSA) is 55.2 Å². The molecule has 3 rings (SSSR count). The summed E-state index contributed by atoms with van der Waals surface area (Å²) in [5.41, 5.74) is 2.50. The Balaban J connectivity index is 2.17. The van der Waals surface area contributed by atoms with Crippen LogP contribution in [0.4, 0.5) is 0 Å². The molecule has 176 valence electrons. The van der Waals surface area contributed by atoms with Gasteiger partial charge in [-0.2, -0.15) is 0 Å². The van der Waals surface area contributed by atoms with E-state index in [0.29, 0.717) is 36.1 Å². The number of aryl methyl sites for hydroxylation is 1. The van der Waals surface area contributed by atoms with E-state index in [9.17, 15) is 9.59 Å². The van der Waals surface area contributed by atoms with Gasteiger partial charge in [0.2, 0.25) is 5.91 Å². The lowest BCUT2D eigenvalue weighted by molar-refractivity contribution is -0.134. The van der Waals surface area contributed by atoms with Gasteiger partial charge in [-0.05, 0) is 50.5 Å². The van der Waals surface area contributed by atoms with Crippen LogP contribution in [0, 0.1) is 6.92 Å². The lowest BCUT2D eigenvalue weighted by Crippen LogP contribution is -2.39. The quantitative estimate of drug-likeness (QED) is 0.322. The lowest BCUT2D eigenvalue weighted by Gasteiger charge is -2.32. The number of hydrogen-bond donors (Lipinski definition) is 0. The van der Waals surface area contributed by atoms with Gasteiger partial charge in [0, 0.05) is 13.0 Å². The van der Waals surface area contributed by atoms with Crippen LogP contribution in [0.15, 0.2) is 53.3 Å². The third kappa shape index (κ3) is 5.70. The Labute approximate surface area is 197 Å². The van der Waals surface area contributed by atoms with Crippen molar-refractivity contribution in [3.8, 4) is 5.69 Å². The summed E-state index contributed by atoms with van der Waals surface area (Å²) in [4.78, 5) is 33.9. The number of amides is 1. The van der Waals surface area contributed by atoms with Crippen LogP contribution in [0.2, 0.25) is 0 Å². The fourth-order valence-corrected chi connectivity index (χ4v) is 4.38. The summed E-state index contributed by atoms with van der Waals surface area (Å²) >= 11 is 0. The van der Waals surface area contributed by atoms with Gasteiger partial charge in [0.1, 0.15) is 5.82 Å². The molecule has 0 N–H and O–H groups in total. The van der Waals surface area contributed by atoms with Crippen LogP contribution in [0.1, 0.15) is 83.1 Å². The molecular weight excluding hydrogens is 410 g/mol. The van der Waals surface area contributed by atoms with Crippen LogP contribution in [0.25, 0.3) is 16.6 Å². The Kier molecular flexibility index (Phi) is 8.81. The molecule has 0 aliphatic heterocycles. The first kappa shape index (κ1) is 24.7. The maximum atomic E-state index is 13.7. The standard InChI is InChI=1S/C28H37N3O2/c1-5-8-9-12-20-30(26(32)13-6-2)25(7-3)27-29-24-15-11-10-14-23(24)28(33)31(27)22-18-16-21(4)17-19-22/h10-11,14-19,25H,5-9,12-13,20H2,1-4H3. The number of fused-ring (bicyclic) bond motifs is 1. The van der Waals surface area contributed by atoms with Gasteiger partial charge in [-0.25, -0.2) is 4.98 Å². The molecule has 0 saturated carbocycles. The van der Waals surface area contributed by atoms with Gasteiger partial charge in [0.15, 0.2) is 0 Å². The summed E-state index contributed by atoms with van der Waals surface area (Å²) < 4.78 is 1.72. The zero-order valence-electron chi connectivity index (χ0n) is 20.5. The number of carbonyl (C=O) groups excluding carboxylic acids is 1. The molecule has 33 heavy (non-hydrogen) atoms. The van der Waals surface area contributed by atoms with Gasteiger partial charge in [0.05, 0.1) is 22.6 Å². The van der Waals surface area contributed by atoms with E-state index in [2.05, 4.69) is 13.8 Å². The Morgan fingerprint density at radius 2 is 1.70 bits per heavy atom. The molecule has 0 fully saturated rings. The Morgan fingerprint density at radius 3 is 2.36 bits per heavy atom. The van der Waals surface area contributed by atoms with Crippen LogP contribution in [-0.2, 0) is 4.79 Å². The average molecular weight is 448 g/mol. The van der Waals surface area contributed by atoms with E-state index in [1.54, 1.807) is 4.57 Å². The van der Waals surface area contributed by atoms with Gasteiger partial charge >= 0.3 is 0 Å². The molecule has 1 heterocycles. The fraction of sp³-hybridized carbons (Fsp3) is 0.464. The normalized spacial score (nSPS) is 12.1. The second-order valence-electron chi connectivity index (χ2n) is 8.79. The summed E-state index contributed by atoms with van der Waals surface area (Å²) in [7, 11) is 0. The fourth-order valence-electron chi connectivity index (χ4n) is 4.38. The number of hydrogen-bond acceptors (Lipinski definition) is 3. The molecule has 1 aromatic heterocycles. The van der Waals surface area contributed by atoms with E-state index in [-0.39, 0.29) is 17.5 Å². The minimum Gasteiger partial charge on any atom is -0.333 e. The molecule has 5 heteroatoms. The number of benzene rings is 2. The van der Waals surface area contributed by atoms with Gasteiger partial charge in [-0.15, -0.1) is 0 Å². The third-order valence-electron chi connectivity index (χ3n) is 6.19. The average Bonchev–Trinajstić information content (AvgIpc) is 2.82. The van der Waals surface area contributed by atoms with Gasteiger partial charge in [-0.3, -0.25) is 14.2 Å². The molecule has 1 amide bonds. The number of aromatic nitrogens is 2. The highest BCUT2D eigenvalue weighted by Crippen LogP contribution is 2.27. The van der Waals surface area contributed by atoms with Crippen LogP contribution >= 0.6 is 0 Å². The lowest BCUT2D eigenvalue weighted by atomic mass is 10.1. The van der Waals surface area contributed by atoms with E-state index < -0.39 is 0 Å². The van der Waals surface area contributed by atoms with Gasteiger partial charge in [-0.1, -0.05) is 69.9 Å². The smallest absolute Gasteiger partial charge is 0.266 e. The molecule has 1 unspecified atom stereocenters. The molecule has 0 radical (unpaired) electrons.